The molecular formula is C23H15ClF2N2O2. The van der Waals surface area contributed by atoms with Gasteiger partial charge in [0.25, 0.3) is 11.8 Å². The Bertz CT molecular complexity index is 1180. The maximum absolute atomic E-state index is 14.4. The number of halogens is 3. The minimum absolute atomic E-state index is 0.0808. The fourth-order valence-electron chi connectivity index (χ4n) is 3.37. The zero-order valence-corrected chi connectivity index (χ0v) is 16.5. The molecule has 7 heteroatoms. The van der Waals surface area contributed by atoms with E-state index >= 15 is 0 Å². The summed E-state index contributed by atoms with van der Waals surface area (Å²) < 4.78 is 27.8. The number of para-hydroxylation sites is 1. The highest BCUT2D eigenvalue weighted by molar-refractivity contribution is 6.46. The quantitative estimate of drug-likeness (QED) is 0.551. The third-order valence-corrected chi connectivity index (χ3v) is 5.07. The second kappa shape index (κ2) is 7.72. The van der Waals surface area contributed by atoms with Gasteiger partial charge in [0.1, 0.15) is 17.3 Å². The minimum Gasteiger partial charge on any atom is -0.339 e. The summed E-state index contributed by atoms with van der Waals surface area (Å²) in [7, 11) is 1.65. The SMILES string of the molecule is CN(C1=C(c2ccc(Cl)cc2)C(=O)N(c2ccc(F)cc2F)C1=O)c1ccccc1. The lowest BCUT2D eigenvalue weighted by Crippen LogP contribution is -2.34. The summed E-state index contributed by atoms with van der Waals surface area (Å²) in [6.45, 7) is 0. The number of carbonyl (C=O) groups is 2. The van der Waals surface area contributed by atoms with E-state index in [0.717, 1.165) is 17.0 Å². The highest BCUT2D eigenvalue weighted by Gasteiger charge is 2.43. The summed E-state index contributed by atoms with van der Waals surface area (Å²) in [6, 6.07) is 18.1. The molecule has 0 N–H and O–H groups in total. The highest BCUT2D eigenvalue weighted by atomic mass is 35.5. The van der Waals surface area contributed by atoms with Gasteiger partial charge in [-0.2, -0.15) is 0 Å². The van der Waals surface area contributed by atoms with E-state index in [4.69, 9.17) is 11.6 Å². The maximum Gasteiger partial charge on any atom is 0.282 e. The summed E-state index contributed by atoms with van der Waals surface area (Å²) in [4.78, 5) is 29.0. The summed E-state index contributed by atoms with van der Waals surface area (Å²) in [5, 5.41) is 0.468. The average molecular weight is 425 g/mol. The van der Waals surface area contributed by atoms with Crippen molar-refractivity contribution in [2.75, 3.05) is 16.8 Å². The molecule has 0 spiro atoms. The number of rotatable bonds is 4. The number of carbonyl (C=O) groups excluding carboxylic acids is 2. The van der Waals surface area contributed by atoms with Gasteiger partial charge in [0.2, 0.25) is 0 Å². The van der Waals surface area contributed by atoms with Crippen LogP contribution in [0.2, 0.25) is 5.02 Å². The molecule has 0 aromatic heterocycles. The molecule has 0 fully saturated rings. The van der Waals surface area contributed by atoms with Crippen molar-refractivity contribution in [3.8, 4) is 0 Å². The zero-order chi connectivity index (χ0) is 21.4. The molecule has 0 radical (unpaired) electrons. The molecule has 3 aromatic carbocycles. The second-order valence-electron chi connectivity index (χ2n) is 6.67. The van der Waals surface area contributed by atoms with E-state index in [1.165, 1.54) is 0 Å². The first-order chi connectivity index (χ1) is 14.4. The molecule has 0 saturated heterocycles. The van der Waals surface area contributed by atoms with Crippen LogP contribution in [0.3, 0.4) is 0 Å². The lowest BCUT2D eigenvalue weighted by atomic mass is 10.0. The van der Waals surface area contributed by atoms with Crippen LogP contribution in [0, 0.1) is 11.6 Å². The van der Waals surface area contributed by atoms with Gasteiger partial charge < -0.3 is 4.90 Å². The average Bonchev–Trinajstić information content (AvgIpc) is 2.99. The molecule has 0 aliphatic carbocycles. The number of hydrogen-bond acceptors (Lipinski definition) is 3. The normalized spacial score (nSPS) is 13.9. The molecule has 2 amide bonds. The van der Waals surface area contributed by atoms with Crippen LogP contribution in [-0.4, -0.2) is 18.9 Å². The van der Waals surface area contributed by atoms with E-state index in [0.29, 0.717) is 22.3 Å². The third-order valence-electron chi connectivity index (χ3n) is 4.82. The Balaban J connectivity index is 1.89. The molecule has 30 heavy (non-hydrogen) atoms. The fraction of sp³-hybridized carbons (Fsp3) is 0.0435. The Labute approximate surface area is 176 Å². The van der Waals surface area contributed by atoms with E-state index in [1.807, 2.05) is 6.07 Å². The largest absolute Gasteiger partial charge is 0.339 e. The first kappa shape index (κ1) is 19.8. The van der Waals surface area contributed by atoms with Crippen molar-refractivity contribution in [3.05, 3.63) is 101 Å². The van der Waals surface area contributed by atoms with Crippen LogP contribution in [0.1, 0.15) is 5.56 Å². The van der Waals surface area contributed by atoms with Gasteiger partial charge in [-0.1, -0.05) is 41.9 Å². The van der Waals surface area contributed by atoms with Crippen LogP contribution < -0.4 is 9.80 Å². The van der Waals surface area contributed by atoms with E-state index in [2.05, 4.69) is 0 Å². The summed E-state index contributed by atoms with van der Waals surface area (Å²) in [5.41, 5.74) is 1.00. The molecule has 4 rings (SSSR count). The number of likely N-dealkylation sites (N-methyl/N-ethyl adjacent to an activating group) is 1. The molecule has 0 bridgehead atoms. The topological polar surface area (TPSA) is 40.6 Å². The van der Waals surface area contributed by atoms with Crippen molar-refractivity contribution in [1.82, 2.24) is 0 Å². The van der Waals surface area contributed by atoms with Crippen molar-refractivity contribution in [1.29, 1.82) is 0 Å². The number of hydrogen-bond donors (Lipinski definition) is 0. The van der Waals surface area contributed by atoms with Gasteiger partial charge >= 0.3 is 0 Å². The van der Waals surface area contributed by atoms with Crippen molar-refractivity contribution < 1.29 is 18.4 Å². The highest BCUT2D eigenvalue weighted by Crippen LogP contribution is 2.37. The number of imide groups is 1. The fourth-order valence-corrected chi connectivity index (χ4v) is 3.49. The maximum atomic E-state index is 14.4. The Hall–Kier alpha value is -3.51. The summed E-state index contributed by atoms with van der Waals surface area (Å²) in [5.74, 6) is -3.22. The van der Waals surface area contributed by atoms with Crippen LogP contribution in [0.5, 0.6) is 0 Å². The lowest BCUT2D eigenvalue weighted by Gasteiger charge is -2.21. The summed E-state index contributed by atoms with van der Waals surface area (Å²) >= 11 is 5.96. The van der Waals surface area contributed by atoms with Crippen molar-refractivity contribution in [3.63, 3.8) is 0 Å². The first-order valence-corrected chi connectivity index (χ1v) is 9.39. The van der Waals surface area contributed by atoms with Gasteiger partial charge in [0, 0.05) is 23.8 Å². The van der Waals surface area contributed by atoms with Crippen LogP contribution in [-0.2, 0) is 9.59 Å². The monoisotopic (exact) mass is 424 g/mol. The summed E-state index contributed by atoms with van der Waals surface area (Å²) in [6.07, 6.45) is 0. The lowest BCUT2D eigenvalue weighted by molar-refractivity contribution is -0.120. The molecule has 3 aromatic rings. The molecule has 1 aliphatic heterocycles. The van der Waals surface area contributed by atoms with Gasteiger partial charge in [-0.15, -0.1) is 0 Å². The number of benzene rings is 3. The number of nitrogens with zero attached hydrogens (tertiary/aromatic N) is 2. The van der Waals surface area contributed by atoms with Crippen molar-refractivity contribution in [2.45, 2.75) is 0 Å². The molecular weight excluding hydrogens is 410 g/mol. The number of anilines is 2. The second-order valence-corrected chi connectivity index (χ2v) is 7.10. The van der Waals surface area contributed by atoms with E-state index in [-0.39, 0.29) is 17.0 Å². The van der Waals surface area contributed by atoms with Gasteiger partial charge in [-0.3, -0.25) is 9.59 Å². The van der Waals surface area contributed by atoms with Crippen LogP contribution in [0.15, 0.2) is 78.5 Å². The number of amides is 2. The predicted octanol–water partition coefficient (Wildman–Crippen LogP) is 5.04. The van der Waals surface area contributed by atoms with Crippen LogP contribution in [0.25, 0.3) is 5.57 Å². The Morgan fingerprint density at radius 3 is 2.17 bits per heavy atom. The smallest absolute Gasteiger partial charge is 0.282 e. The van der Waals surface area contributed by atoms with Crippen LogP contribution >= 0.6 is 11.6 Å². The van der Waals surface area contributed by atoms with E-state index < -0.39 is 23.4 Å². The molecule has 4 nitrogen and oxygen atoms in total. The van der Waals surface area contributed by atoms with Gasteiger partial charge in [-0.25, -0.2) is 13.7 Å². The Morgan fingerprint density at radius 1 is 0.867 bits per heavy atom. The molecule has 1 aliphatic rings. The molecule has 0 atom stereocenters. The minimum atomic E-state index is -1.00. The van der Waals surface area contributed by atoms with Gasteiger partial charge in [-0.05, 0) is 42.0 Å². The molecule has 1 heterocycles. The zero-order valence-electron chi connectivity index (χ0n) is 15.8. The predicted molar refractivity (Wildman–Crippen MR) is 112 cm³/mol. The Morgan fingerprint density at radius 2 is 1.53 bits per heavy atom. The first-order valence-electron chi connectivity index (χ1n) is 9.01. The molecule has 150 valence electrons. The van der Waals surface area contributed by atoms with Gasteiger partial charge in [0.05, 0.1) is 11.3 Å². The molecule has 0 unspecified atom stereocenters. The molecule has 0 saturated carbocycles. The van der Waals surface area contributed by atoms with Crippen LogP contribution in [0.4, 0.5) is 20.2 Å². The van der Waals surface area contributed by atoms with E-state index in [9.17, 15) is 18.4 Å². The third kappa shape index (κ3) is 3.35. The van der Waals surface area contributed by atoms with E-state index in [1.54, 1.807) is 60.5 Å². The Kier molecular flexibility index (Phi) is 5.10. The van der Waals surface area contributed by atoms with Gasteiger partial charge in [0.15, 0.2) is 0 Å². The van der Waals surface area contributed by atoms with Crippen molar-refractivity contribution in [2.24, 2.45) is 0 Å². The van der Waals surface area contributed by atoms with Crippen molar-refractivity contribution >= 4 is 40.4 Å². The standard InChI is InChI=1S/C23H15ClF2N2O2/c1-27(17-5-3-2-4-6-17)21-20(14-7-9-15(24)10-8-14)22(29)28(23(21)30)19-12-11-16(25)13-18(19)26/h2-13H,1H3.